The van der Waals surface area contributed by atoms with Crippen LogP contribution in [0, 0.1) is 0 Å². The molecule has 2 N–H and O–H groups in total. The largest absolute Gasteiger partial charge is 0.756 e. The zero-order valence-corrected chi connectivity index (χ0v) is 38.9. The fraction of sp³-hybridized carbons (Fsp3) is 0.854. The lowest BCUT2D eigenvalue weighted by Crippen LogP contribution is -2.45. The van der Waals surface area contributed by atoms with E-state index in [0.717, 1.165) is 51.4 Å². The summed E-state index contributed by atoms with van der Waals surface area (Å²) in [5.41, 5.74) is 0. The lowest BCUT2D eigenvalue weighted by Gasteiger charge is -2.29. The van der Waals surface area contributed by atoms with Crippen molar-refractivity contribution in [3.8, 4) is 0 Å². The molecule has 3 unspecified atom stereocenters. The number of hydrogen-bond acceptors (Lipinski definition) is 6. The summed E-state index contributed by atoms with van der Waals surface area (Å²) in [6.07, 6.45) is 49.6. The number of nitrogens with zero attached hydrogens (tertiary/aromatic N) is 1. The van der Waals surface area contributed by atoms with Gasteiger partial charge in [0.05, 0.1) is 39.9 Å². The molecule has 0 spiro atoms. The van der Waals surface area contributed by atoms with E-state index in [-0.39, 0.29) is 19.1 Å². The van der Waals surface area contributed by atoms with Crippen LogP contribution in [0.4, 0.5) is 0 Å². The van der Waals surface area contributed by atoms with Crippen molar-refractivity contribution in [2.75, 3.05) is 40.9 Å². The number of allylic oxidation sites excluding steroid dienone is 5. The van der Waals surface area contributed by atoms with E-state index < -0.39 is 20.0 Å². The van der Waals surface area contributed by atoms with Gasteiger partial charge in [0.15, 0.2) is 0 Å². The van der Waals surface area contributed by atoms with Gasteiger partial charge in [-0.25, -0.2) is 0 Å². The quantitative estimate of drug-likeness (QED) is 0.0274. The Morgan fingerprint density at radius 2 is 1.02 bits per heavy atom. The van der Waals surface area contributed by atoms with E-state index in [1.54, 1.807) is 6.08 Å². The van der Waals surface area contributed by atoms with Gasteiger partial charge in [-0.1, -0.05) is 192 Å². The molecule has 1 amide bonds. The van der Waals surface area contributed by atoms with Crippen LogP contribution >= 0.6 is 7.82 Å². The van der Waals surface area contributed by atoms with E-state index >= 15 is 0 Å². The Labute approximate surface area is 353 Å². The van der Waals surface area contributed by atoms with Crippen molar-refractivity contribution in [3.05, 3.63) is 36.5 Å². The highest BCUT2D eigenvalue weighted by atomic mass is 31.2. The smallest absolute Gasteiger partial charge is 0.268 e. The second-order valence-electron chi connectivity index (χ2n) is 17.5. The van der Waals surface area contributed by atoms with Gasteiger partial charge in [0.25, 0.3) is 7.82 Å². The number of phosphoric acid groups is 1. The highest BCUT2D eigenvalue weighted by molar-refractivity contribution is 7.45. The first-order valence-electron chi connectivity index (χ1n) is 23.9. The van der Waals surface area contributed by atoms with Gasteiger partial charge in [-0.2, -0.15) is 0 Å². The Bertz CT molecular complexity index is 1030. The molecule has 0 radical (unpaired) electrons. The van der Waals surface area contributed by atoms with Crippen LogP contribution in [0.2, 0.25) is 0 Å². The molecule has 0 aromatic heterocycles. The average Bonchev–Trinajstić information content (AvgIpc) is 3.16. The molecule has 57 heavy (non-hydrogen) atoms. The highest BCUT2D eigenvalue weighted by Gasteiger charge is 2.23. The van der Waals surface area contributed by atoms with Gasteiger partial charge >= 0.3 is 0 Å². The SMILES string of the molecule is CCCCCC/C=C/C(O)C(COP(=O)([O-])OCC[N+](C)(C)C)NC(=O)CCCCCCCCCCCCCCCCCCC/C=C\C/C=C\CCCCCCC. The van der Waals surface area contributed by atoms with Crippen LogP contribution in [0.1, 0.15) is 213 Å². The minimum Gasteiger partial charge on any atom is -0.756 e. The second kappa shape index (κ2) is 40.1. The van der Waals surface area contributed by atoms with E-state index in [1.807, 2.05) is 27.2 Å². The molecule has 8 nitrogen and oxygen atoms in total. The van der Waals surface area contributed by atoms with Crippen LogP contribution in [0.3, 0.4) is 0 Å². The molecule has 336 valence electrons. The van der Waals surface area contributed by atoms with E-state index in [1.165, 1.54) is 141 Å². The third kappa shape index (κ3) is 42.6. The lowest BCUT2D eigenvalue weighted by atomic mass is 10.0. The molecule has 3 atom stereocenters. The molecule has 0 saturated heterocycles. The predicted molar refractivity (Wildman–Crippen MR) is 242 cm³/mol. The summed E-state index contributed by atoms with van der Waals surface area (Å²) in [7, 11) is 1.26. The van der Waals surface area contributed by atoms with Gasteiger partial charge in [-0.15, -0.1) is 0 Å². The Morgan fingerprint density at radius 3 is 1.47 bits per heavy atom. The van der Waals surface area contributed by atoms with E-state index in [4.69, 9.17) is 9.05 Å². The molecule has 0 rings (SSSR count). The number of aliphatic hydroxyl groups is 1. The van der Waals surface area contributed by atoms with Crippen molar-refractivity contribution >= 4 is 13.7 Å². The maximum Gasteiger partial charge on any atom is 0.268 e. The van der Waals surface area contributed by atoms with Crippen LogP contribution in [0.25, 0.3) is 0 Å². The minimum atomic E-state index is -4.57. The van der Waals surface area contributed by atoms with Gasteiger partial charge in [0.2, 0.25) is 5.91 Å². The maximum absolute atomic E-state index is 12.8. The van der Waals surface area contributed by atoms with E-state index in [2.05, 4.69) is 43.5 Å². The first-order valence-corrected chi connectivity index (χ1v) is 25.3. The first kappa shape index (κ1) is 55.7. The number of quaternary nitrogens is 1. The number of hydrogen-bond donors (Lipinski definition) is 2. The number of amides is 1. The second-order valence-corrected chi connectivity index (χ2v) is 18.9. The molecule has 0 aromatic rings. The molecule has 0 fully saturated rings. The van der Waals surface area contributed by atoms with Crippen molar-refractivity contribution in [1.29, 1.82) is 0 Å². The van der Waals surface area contributed by atoms with Crippen molar-refractivity contribution < 1.29 is 32.9 Å². The topological polar surface area (TPSA) is 108 Å². The number of nitrogens with one attached hydrogen (secondary N) is 1. The molecule has 0 aliphatic rings. The molecular weight excluding hydrogens is 732 g/mol. The lowest BCUT2D eigenvalue weighted by molar-refractivity contribution is -0.870. The number of unbranched alkanes of at least 4 members (excludes halogenated alkanes) is 26. The molecule has 0 heterocycles. The number of carbonyl (C=O) groups excluding carboxylic acids is 1. The van der Waals surface area contributed by atoms with Crippen molar-refractivity contribution in [2.24, 2.45) is 0 Å². The van der Waals surface area contributed by atoms with Crippen LogP contribution in [0.5, 0.6) is 0 Å². The molecule has 0 aliphatic carbocycles. The summed E-state index contributed by atoms with van der Waals surface area (Å²) in [6, 6.07) is -0.881. The number of carbonyl (C=O) groups is 1. The average molecular weight is 825 g/mol. The highest BCUT2D eigenvalue weighted by Crippen LogP contribution is 2.38. The van der Waals surface area contributed by atoms with Gasteiger partial charge in [-0.3, -0.25) is 9.36 Å². The van der Waals surface area contributed by atoms with Crippen molar-refractivity contribution in [3.63, 3.8) is 0 Å². The summed E-state index contributed by atoms with van der Waals surface area (Å²) < 4.78 is 23.0. The Balaban J connectivity index is 3.93. The summed E-state index contributed by atoms with van der Waals surface area (Å²) in [5.74, 6) is -0.202. The van der Waals surface area contributed by atoms with Gasteiger partial charge < -0.3 is 28.8 Å². The van der Waals surface area contributed by atoms with Crippen LogP contribution in [-0.2, 0) is 18.4 Å². The summed E-state index contributed by atoms with van der Waals surface area (Å²) in [4.78, 5) is 25.1. The number of rotatable bonds is 43. The predicted octanol–water partition coefficient (Wildman–Crippen LogP) is 12.8. The molecule has 0 aliphatic heterocycles. The molecule has 9 heteroatoms. The number of aliphatic hydroxyl groups excluding tert-OH is 1. The number of phosphoric ester groups is 1. The van der Waals surface area contributed by atoms with Crippen LogP contribution < -0.4 is 10.2 Å². The van der Waals surface area contributed by atoms with Crippen LogP contribution in [0.15, 0.2) is 36.5 Å². The van der Waals surface area contributed by atoms with Gasteiger partial charge in [0, 0.05) is 6.42 Å². The molecular formula is C48H93N2O6P. The Kier molecular flexibility index (Phi) is 39.2. The van der Waals surface area contributed by atoms with Crippen LogP contribution in [-0.4, -0.2) is 68.5 Å². The van der Waals surface area contributed by atoms with Gasteiger partial charge in [-0.05, 0) is 51.4 Å². The normalized spacial score (nSPS) is 14.6. The monoisotopic (exact) mass is 825 g/mol. The van der Waals surface area contributed by atoms with Gasteiger partial charge in [0.1, 0.15) is 13.2 Å². The summed E-state index contributed by atoms with van der Waals surface area (Å²) in [6.45, 7) is 4.55. The molecule has 0 saturated carbocycles. The third-order valence-electron chi connectivity index (χ3n) is 10.6. The standard InChI is InChI=1S/C48H93N2O6P/c1-6-8-10-12-14-15-16-17-18-19-20-21-22-23-24-25-26-27-28-29-30-31-32-33-34-35-36-38-40-42-48(52)49-46(47(51)41-39-37-13-11-9-7-2)45-56-57(53,54)55-44-43-50(3,4)5/h16-17,19-20,39,41,46-47,51H,6-15,18,21-38,40,42-45H2,1-5H3,(H-,49,52,53,54)/b17-16-,20-19-,41-39+. The minimum absolute atomic E-state index is 0.00106. The summed E-state index contributed by atoms with van der Waals surface area (Å²) >= 11 is 0. The molecule has 0 bridgehead atoms. The fourth-order valence-corrected chi connectivity index (χ4v) is 7.49. The van der Waals surface area contributed by atoms with Crippen molar-refractivity contribution in [1.82, 2.24) is 5.32 Å². The zero-order chi connectivity index (χ0) is 42.1. The zero-order valence-electron chi connectivity index (χ0n) is 38.0. The Morgan fingerprint density at radius 1 is 0.614 bits per heavy atom. The summed E-state index contributed by atoms with van der Waals surface area (Å²) in [5, 5.41) is 13.6. The fourth-order valence-electron chi connectivity index (χ4n) is 6.77. The Hall–Kier alpha value is -1.28. The number of likely N-dealkylation sites (N-methyl/N-ethyl adjacent to an activating group) is 1. The third-order valence-corrected chi connectivity index (χ3v) is 11.6. The van der Waals surface area contributed by atoms with Crippen molar-refractivity contribution in [2.45, 2.75) is 225 Å². The van der Waals surface area contributed by atoms with E-state index in [0.29, 0.717) is 17.4 Å². The first-order chi connectivity index (χ1) is 27.5. The van der Waals surface area contributed by atoms with E-state index in [9.17, 15) is 19.4 Å². The maximum atomic E-state index is 12.8. The molecule has 0 aromatic carbocycles.